The average molecular weight is 260 g/mol. The van der Waals surface area contributed by atoms with E-state index < -0.39 is 5.97 Å². The summed E-state index contributed by atoms with van der Waals surface area (Å²) in [5.74, 6) is -0.394. The van der Waals surface area contributed by atoms with Crippen LogP contribution < -0.4 is 11.1 Å². The third kappa shape index (κ3) is 3.25. The van der Waals surface area contributed by atoms with Crippen molar-refractivity contribution >= 4 is 17.3 Å². The molecule has 0 fully saturated rings. The van der Waals surface area contributed by atoms with Gasteiger partial charge in [0, 0.05) is 18.9 Å². The van der Waals surface area contributed by atoms with Crippen LogP contribution >= 0.6 is 0 Å². The fourth-order valence-corrected chi connectivity index (χ4v) is 1.71. The largest absolute Gasteiger partial charge is 0.465 e. The van der Waals surface area contributed by atoms with Crippen LogP contribution in [0.15, 0.2) is 36.7 Å². The Morgan fingerprint density at radius 2 is 2.37 bits per heavy atom. The van der Waals surface area contributed by atoms with Crippen LogP contribution in [0.1, 0.15) is 10.4 Å². The SMILES string of the molecule is COC(=O)c1ccc(NCCn2cccn2)c(N)c1. The predicted octanol–water partition coefficient (Wildman–Crippen LogP) is 1.36. The van der Waals surface area contributed by atoms with E-state index in [9.17, 15) is 4.79 Å². The molecule has 1 aromatic carbocycles. The normalized spacial score (nSPS) is 10.2. The zero-order valence-electron chi connectivity index (χ0n) is 10.7. The number of hydrogen-bond donors (Lipinski definition) is 2. The number of anilines is 2. The van der Waals surface area contributed by atoms with Crippen molar-refractivity contribution in [3.8, 4) is 0 Å². The second-order valence-electron chi connectivity index (χ2n) is 3.99. The Morgan fingerprint density at radius 1 is 1.53 bits per heavy atom. The fraction of sp³-hybridized carbons (Fsp3) is 0.231. The number of carbonyl (C=O) groups is 1. The third-order valence-electron chi connectivity index (χ3n) is 2.69. The van der Waals surface area contributed by atoms with Crippen molar-refractivity contribution in [3.05, 3.63) is 42.2 Å². The number of methoxy groups -OCH3 is 1. The molecule has 2 rings (SSSR count). The molecular weight excluding hydrogens is 244 g/mol. The first-order valence-electron chi connectivity index (χ1n) is 5.90. The van der Waals surface area contributed by atoms with Crippen molar-refractivity contribution in [3.63, 3.8) is 0 Å². The lowest BCUT2D eigenvalue weighted by molar-refractivity contribution is 0.0601. The van der Waals surface area contributed by atoms with E-state index in [1.165, 1.54) is 7.11 Å². The molecule has 6 nitrogen and oxygen atoms in total. The van der Waals surface area contributed by atoms with Crippen molar-refractivity contribution in [2.75, 3.05) is 24.7 Å². The van der Waals surface area contributed by atoms with Gasteiger partial charge < -0.3 is 15.8 Å². The highest BCUT2D eigenvalue weighted by atomic mass is 16.5. The number of nitrogen functional groups attached to an aromatic ring is 1. The van der Waals surface area contributed by atoms with Crippen molar-refractivity contribution in [1.29, 1.82) is 0 Å². The first-order chi connectivity index (χ1) is 9.20. The minimum Gasteiger partial charge on any atom is -0.465 e. The van der Waals surface area contributed by atoms with E-state index in [0.29, 0.717) is 17.8 Å². The molecule has 0 unspecified atom stereocenters. The molecule has 0 aliphatic rings. The second kappa shape index (κ2) is 5.90. The van der Waals surface area contributed by atoms with E-state index in [2.05, 4.69) is 15.2 Å². The summed E-state index contributed by atoms with van der Waals surface area (Å²) in [5, 5.41) is 7.30. The Kier molecular flexibility index (Phi) is 4.02. The maximum atomic E-state index is 11.3. The van der Waals surface area contributed by atoms with Gasteiger partial charge in [-0.05, 0) is 24.3 Å². The highest BCUT2D eigenvalue weighted by molar-refractivity contribution is 5.91. The molecule has 3 N–H and O–H groups in total. The van der Waals surface area contributed by atoms with Crippen LogP contribution in [0.2, 0.25) is 0 Å². The van der Waals surface area contributed by atoms with Crippen LogP contribution in [-0.4, -0.2) is 29.4 Å². The molecule has 0 aliphatic heterocycles. The minimum atomic E-state index is -0.394. The summed E-state index contributed by atoms with van der Waals surface area (Å²) in [6.45, 7) is 1.44. The van der Waals surface area contributed by atoms with E-state index in [4.69, 9.17) is 5.73 Å². The van der Waals surface area contributed by atoms with Gasteiger partial charge in [0.1, 0.15) is 0 Å². The number of rotatable bonds is 5. The van der Waals surface area contributed by atoms with Crippen LogP contribution in [0, 0.1) is 0 Å². The Morgan fingerprint density at radius 3 is 3.00 bits per heavy atom. The number of esters is 1. The van der Waals surface area contributed by atoms with Crippen LogP contribution in [0.3, 0.4) is 0 Å². The van der Waals surface area contributed by atoms with E-state index in [1.807, 2.05) is 16.9 Å². The number of nitrogens with zero attached hydrogens (tertiary/aromatic N) is 2. The summed E-state index contributed by atoms with van der Waals surface area (Å²) in [4.78, 5) is 11.3. The van der Waals surface area contributed by atoms with Gasteiger partial charge in [-0.25, -0.2) is 4.79 Å². The maximum absolute atomic E-state index is 11.3. The quantitative estimate of drug-likeness (QED) is 0.626. The minimum absolute atomic E-state index is 0.394. The fourth-order valence-electron chi connectivity index (χ4n) is 1.71. The number of carbonyl (C=O) groups excluding carboxylic acids is 1. The van der Waals surface area contributed by atoms with Gasteiger partial charge in [0.15, 0.2) is 0 Å². The Balaban J connectivity index is 1.95. The molecule has 0 atom stereocenters. The zero-order valence-corrected chi connectivity index (χ0v) is 10.7. The molecule has 0 aliphatic carbocycles. The molecule has 0 bridgehead atoms. The molecule has 0 amide bonds. The Bertz CT molecular complexity index is 552. The van der Waals surface area contributed by atoms with Crippen molar-refractivity contribution in [1.82, 2.24) is 9.78 Å². The van der Waals surface area contributed by atoms with Crippen LogP contribution in [0.25, 0.3) is 0 Å². The molecule has 100 valence electrons. The summed E-state index contributed by atoms with van der Waals surface area (Å²) in [6, 6.07) is 6.92. The van der Waals surface area contributed by atoms with Gasteiger partial charge in [0.2, 0.25) is 0 Å². The van der Waals surface area contributed by atoms with Crippen molar-refractivity contribution in [2.24, 2.45) is 0 Å². The van der Waals surface area contributed by atoms with Gasteiger partial charge >= 0.3 is 5.97 Å². The molecule has 1 aromatic heterocycles. The van der Waals surface area contributed by atoms with Gasteiger partial charge in [-0.2, -0.15) is 5.10 Å². The Labute approximate surface area is 111 Å². The Hall–Kier alpha value is -2.50. The molecule has 0 saturated carbocycles. The summed E-state index contributed by atoms with van der Waals surface area (Å²) in [6.07, 6.45) is 3.63. The number of nitrogens with two attached hydrogens (primary N) is 1. The van der Waals surface area contributed by atoms with Gasteiger partial charge in [-0.3, -0.25) is 4.68 Å². The summed E-state index contributed by atoms with van der Waals surface area (Å²) >= 11 is 0. The number of benzene rings is 1. The zero-order chi connectivity index (χ0) is 13.7. The highest BCUT2D eigenvalue weighted by Crippen LogP contribution is 2.20. The van der Waals surface area contributed by atoms with Gasteiger partial charge in [0.25, 0.3) is 0 Å². The number of aromatic nitrogens is 2. The summed E-state index contributed by atoms with van der Waals surface area (Å²) < 4.78 is 6.46. The third-order valence-corrected chi connectivity index (χ3v) is 2.69. The topological polar surface area (TPSA) is 82.2 Å². The van der Waals surface area contributed by atoms with E-state index >= 15 is 0 Å². The predicted molar refractivity (Wildman–Crippen MR) is 72.9 cm³/mol. The summed E-state index contributed by atoms with van der Waals surface area (Å²) in [5.41, 5.74) is 7.63. The molecular formula is C13H16N4O2. The molecule has 6 heteroatoms. The first-order valence-corrected chi connectivity index (χ1v) is 5.90. The smallest absolute Gasteiger partial charge is 0.337 e. The maximum Gasteiger partial charge on any atom is 0.337 e. The molecule has 0 saturated heterocycles. The molecule has 2 aromatic rings. The van der Waals surface area contributed by atoms with Gasteiger partial charge in [-0.15, -0.1) is 0 Å². The van der Waals surface area contributed by atoms with E-state index in [0.717, 1.165) is 12.2 Å². The van der Waals surface area contributed by atoms with Gasteiger partial charge in [0.05, 0.1) is 30.6 Å². The molecule has 19 heavy (non-hydrogen) atoms. The highest BCUT2D eigenvalue weighted by Gasteiger charge is 2.07. The lowest BCUT2D eigenvalue weighted by Crippen LogP contribution is -2.12. The summed E-state index contributed by atoms with van der Waals surface area (Å²) in [7, 11) is 1.34. The first kappa shape index (κ1) is 12.9. The van der Waals surface area contributed by atoms with Crippen molar-refractivity contribution in [2.45, 2.75) is 6.54 Å². The van der Waals surface area contributed by atoms with Crippen LogP contribution in [-0.2, 0) is 11.3 Å². The monoisotopic (exact) mass is 260 g/mol. The number of ether oxygens (including phenoxy) is 1. The molecule has 0 radical (unpaired) electrons. The molecule has 1 heterocycles. The standard InChI is InChI=1S/C13H16N4O2/c1-19-13(18)10-3-4-12(11(14)9-10)15-6-8-17-7-2-5-16-17/h2-5,7,9,15H,6,8,14H2,1H3. The van der Waals surface area contributed by atoms with Crippen molar-refractivity contribution < 1.29 is 9.53 Å². The van der Waals surface area contributed by atoms with Gasteiger partial charge in [-0.1, -0.05) is 0 Å². The molecule has 0 spiro atoms. The lowest BCUT2D eigenvalue weighted by Gasteiger charge is -2.10. The van der Waals surface area contributed by atoms with Crippen LogP contribution in [0.4, 0.5) is 11.4 Å². The van der Waals surface area contributed by atoms with Crippen LogP contribution in [0.5, 0.6) is 0 Å². The van der Waals surface area contributed by atoms with E-state index in [-0.39, 0.29) is 0 Å². The lowest BCUT2D eigenvalue weighted by atomic mass is 10.1. The number of hydrogen-bond acceptors (Lipinski definition) is 5. The average Bonchev–Trinajstić information content (AvgIpc) is 2.93. The number of nitrogens with one attached hydrogen (secondary N) is 1. The van der Waals surface area contributed by atoms with E-state index in [1.54, 1.807) is 24.4 Å². The second-order valence-corrected chi connectivity index (χ2v) is 3.99.